The maximum Gasteiger partial charge on any atom is 0.326 e. The molecule has 0 bridgehead atoms. The van der Waals surface area contributed by atoms with E-state index in [1.54, 1.807) is 13.8 Å². The Morgan fingerprint density at radius 3 is 1.47 bits per heavy atom. The second-order valence-electron chi connectivity index (χ2n) is 15.8. The van der Waals surface area contributed by atoms with Gasteiger partial charge in [-0.2, -0.15) is 0 Å². The van der Waals surface area contributed by atoms with E-state index < -0.39 is 127 Å². The van der Waals surface area contributed by atoms with Gasteiger partial charge in [-0.15, -0.1) is 0 Å². The third-order valence-corrected chi connectivity index (χ3v) is 9.62. The summed E-state index contributed by atoms with van der Waals surface area (Å²) >= 11 is 0. The van der Waals surface area contributed by atoms with Crippen LogP contribution in [0.1, 0.15) is 104 Å². The van der Waals surface area contributed by atoms with Gasteiger partial charge in [-0.25, -0.2) is 9.78 Å². The SMILES string of the molecule is CC(C)C[C@H](N)C(=O)N[C@@H](CCCCN)C(=O)N[C@@H](CCCCN)C(=O)N[C@H](C(=O)N[C@@H](Cc1cnc[nH]1)C(=O)N[C@@H](CCC(=O)O)C(=O)N[C@@H](CCC(=O)O)C(=O)O)C(C)C. The highest BCUT2D eigenvalue weighted by molar-refractivity contribution is 5.97. The molecule has 0 aliphatic heterocycles. The van der Waals surface area contributed by atoms with E-state index >= 15 is 0 Å². The van der Waals surface area contributed by atoms with Gasteiger partial charge in [0.2, 0.25) is 35.4 Å². The van der Waals surface area contributed by atoms with Crippen LogP contribution in [0.2, 0.25) is 0 Å². The third kappa shape index (κ3) is 21.2. The summed E-state index contributed by atoms with van der Waals surface area (Å²) in [6, 6.07) is -9.23. The smallest absolute Gasteiger partial charge is 0.326 e. The second-order valence-corrected chi connectivity index (χ2v) is 15.8. The molecule has 23 nitrogen and oxygen atoms in total. The van der Waals surface area contributed by atoms with Gasteiger partial charge in [-0.3, -0.25) is 38.4 Å². The summed E-state index contributed by atoms with van der Waals surface area (Å²) in [5.41, 5.74) is 17.8. The summed E-state index contributed by atoms with van der Waals surface area (Å²) < 4.78 is 0. The summed E-state index contributed by atoms with van der Waals surface area (Å²) in [6.07, 6.45) is 2.83. The molecule has 0 unspecified atom stereocenters. The number of aliphatic carboxylic acids is 3. The monoisotopic (exact) mass is 881 g/mol. The highest BCUT2D eigenvalue weighted by Gasteiger charge is 2.35. The largest absolute Gasteiger partial charge is 0.481 e. The number of carbonyl (C=O) groups is 9. The van der Waals surface area contributed by atoms with E-state index in [9.17, 15) is 53.4 Å². The molecule has 1 aromatic heterocycles. The fourth-order valence-electron chi connectivity index (χ4n) is 6.17. The number of hydrogen-bond donors (Lipinski definition) is 13. The molecule has 0 aromatic carbocycles. The lowest BCUT2D eigenvalue weighted by Gasteiger charge is -2.29. The Morgan fingerprint density at radius 2 is 1.03 bits per heavy atom. The van der Waals surface area contributed by atoms with Crippen molar-refractivity contribution in [2.45, 2.75) is 147 Å². The predicted octanol–water partition coefficient (Wildman–Crippen LogP) is -2.04. The fraction of sp³-hybridized carbons (Fsp3) is 0.692. The molecule has 0 fully saturated rings. The first kappa shape index (κ1) is 54.3. The lowest BCUT2D eigenvalue weighted by atomic mass is 10.00. The molecule has 1 aromatic rings. The Hall–Kier alpha value is -5.68. The molecule has 0 spiro atoms. The van der Waals surface area contributed by atoms with Gasteiger partial charge < -0.3 is 69.4 Å². The molecule has 0 saturated carbocycles. The van der Waals surface area contributed by atoms with E-state index in [1.807, 2.05) is 13.8 Å². The molecule has 62 heavy (non-hydrogen) atoms. The molecule has 0 saturated heterocycles. The molecule has 6 amide bonds. The minimum atomic E-state index is -1.68. The number of unbranched alkanes of at least 4 members (excludes halogenated alkanes) is 2. The van der Waals surface area contributed by atoms with Crippen LogP contribution >= 0.6 is 0 Å². The van der Waals surface area contributed by atoms with Crippen molar-refractivity contribution < 1.29 is 58.5 Å². The number of nitrogens with one attached hydrogen (secondary N) is 7. The van der Waals surface area contributed by atoms with Crippen LogP contribution in [-0.2, 0) is 49.6 Å². The normalized spacial score (nSPS) is 14.6. The van der Waals surface area contributed by atoms with Gasteiger partial charge in [0.15, 0.2) is 0 Å². The zero-order valence-electron chi connectivity index (χ0n) is 35.9. The molecular weight excluding hydrogens is 814 g/mol. The zero-order valence-corrected chi connectivity index (χ0v) is 35.9. The number of aromatic amines is 1. The average Bonchev–Trinajstić information content (AvgIpc) is 3.71. The number of carboxylic acid groups (broad SMARTS) is 3. The van der Waals surface area contributed by atoms with Gasteiger partial charge >= 0.3 is 17.9 Å². The number of rotatable bonds is 32. The lowest BCUT2D eigenvalue weighted by molar-refractivity contribution is -0.144. The first-order valence-corrected chi connectivity index (χ1v) is 20.8. The van der Waals surface area contributed by atoms with Crippen molar-refractivity contribution in [2.24, 2.45) is 29.0 Å². The van der Waals surface area contributed by atoms with Crippen molar-refractivity contribution in [3.05, 3.63) is 18.2 Å². The highest BCUT2D eigenvalue weighted by Crippen LogP contribution is 2.11. The van der Waals surface area contributed by atoms with Crippen molar-refractivity contribution in [3.63, 3.8) is 0 Å². The number of H-pyrrole nitrogens is 1. The van der Waals surface area contributed by atoms with Crippen LogP contribution in [0, 0.1) is 11.8 Å². The first-order valence-electron chi connectivity index (χ1n) is 20.8. The third-order valence-electron chi connectivity index (χ3n) is 9.62. The van der Waals surface area contributed by atoms with Crippen LogP contribution in [0.15, 0.2) is 12.5 Å². The van der Waals surface area contributed by atoms with Crippen molar-refractivity contribution in [3.8, 4) is 0 Å². The topological polar surface area (TPSA) is 393 Å². The van der Waals surface area contributed by atoms with Crippen molar-refractivity contribution in [1.82, 2.24) is 41.9 Å². The number of hydrogen-bond acceptors (Lipinski definition) is 13. The van der Waals surface area contributed by atoms with Gasteiger partial charge in [0.25, 0.3) is 0 Å². The van der Waals surface area contributed by atoms with E-state index in [2.05, 4.69) is 41.9 Å². The van der Waals surface area contributed by atoms with Crippen LogP contribution in [0.4, 0.5) is 0 Å². The minimum absolute atomic E-state index is 0.112. The number of imidazole rings is 1. The number of nitrogens with two attached hydrogens (primary N) is 3. The van der Waals surface area contributed by atoms with Crippen LogP contribution in [-0.4, -0.2) is 134 Å². The molecule has 23 heteroatoms. The van der Waals surface area contributed by atoms with Crippen molar-refractivity contribution in [1.29, 1.82) is 0 Å². The molecular formula is C39H67N11O12. The number of amides is 6. The minimum Gasteiger partial charge on any atom is -0.481 e. The van der Waals surface area contributed by atoms with Gasteiger partial charge in [0.1, 0.15) is 36.3 Å². The van der Waals surface area contributed by atoms with Crippen LogP contribution < -0.4 is 49.1 Å². The van der Waals surface area contributed by atoms with Crippen molar-refractivity contribution >= 4 is 53.4 Å². The maximum atomic E-state index is 14.0. The Labute approximate surface area is 360 Å². The Kier molecular flexibility index (Phi) is 25.2. The van der Waals surface area contributed by atoms with Gasteiger partial charge in [0.05, 0.1) is 12.4 Å². The molecule has 0 radical (unpaired) electrons. The van der Waals surface area contributed by atoms with Crippen molar-refractivity contribution in [2.75, 3.05) is 13.1 Å². The zero-order chi connectivity index (χ0) is 46.9. The molecule has 7 atom stereocenters. The summed E-state index contributed by atoms with van der Waals surface area (Å²) in [5, 5.41) is 43.0. The quantitative estimate of drug-likeness (QED) is 0.0347. The molecule has 1 rings (SSSR count). The Balaban J connectivity index is 3.40. The number of nitrogens with zero attached hydrogens (tertiary/aromatic N) is 1. The summed E-state index contributed by atoms with van der Waals surface area (Å²) in [5.74, 6) is -9.61. The average molecular weight is 882 g/mol. The van der Waals surface area contributed by atoms with E-state index in [1.165, 1.54) is 12.5 Å². The number of carbonyl (C=O) groups excluding carboxylic acids is 6. The maximum absolute atomic E-state index is 14.0. The lowest BCUT2D eigenvalue weighted by Crippen LogP contribution is -2.61. The first-order chi connectivity index (χ1) is 29.2. The van der Waals surface area contributed by atoms with Gasteiger partial charge in [-0.05, 0) is 82.7 Å². The molecule has 1 heterocycles. The molecule has 0 aliphatic carbocycles. The fourth-order valence-corrected chi connectivity index (χ4v) is 6.17. The summed E-state index contributed by atoms with van der Waals surface area (Å²) in [4.78, 5) is 123. The standard InChI is InChI=1S/C39H67N11O12/c1-21(2)17-24(42)33(55)45-25(9-5-7-15-40)34(56)46-26(10-6-8-16-41)36(58)50-32(22(3)4)38(60)49-29(18-23-19-43-20-44-23)37(59)47-27(11-13-30(51)52)35(57)48-28(39(61)62)12-14-31(53)54/h19-22,24-29,32H,5-18,40-42H2,1-4H3,(H,43,44)(H,45,55)(H,46,56)(H,47,59)(H,48,57)(H,49,60)(H,50,58)(H,51,52)(H,53,54)(H,61,62)/t24-,25-,26-,27-,28-,29-,32-/m0/s1. The molecule has 350 valence electrons. The van der Waals surface area contributed by atoms with Crippen LogP contribution in [0.25, 0.3) is 0 Å². The van der Waals surface area contributed by atoms with E-state index in [0.29, 0.717) is 50.9 Å². The summed E-state index contributed by atoms with van der Waals surface area (Å²) in [6.45, 7) is 7.70. The van der Waals surface area contributed by atoms with Crippen LogP contribution in [0.5, 0.6) is 0 Å². The number of aromatic nitrogens is 2. The Morgan fingerprint density at radius 1 is 0.597 bits per heavy atom. The van der Waals surface area contributed by atoms with Crippen LogP contribution in [0.3, 0.4) is 0 Å². The van der Waals surface area contributed by atoms with E-state index in [4.69, 9.17) is 22.3 Å². The second kappa shape index (κ2) is 28.8. The highest BCUT2D eigenvalue weighted by atomic mass is 16.4. The van der Waals surface area contributed by atoms with Gasteiger partial charge in [-0.1, -0.05) is 27.7 Å². The Bertz CT molecular complexity index is 1630. The predicted molar refractivity (Wildman–Crippen MR) is 223 cm³/mol. The van der Waals surface area contributed by atoms with Gasteiger partial charge in [0, 0.05) is 31.2 Å². The summed E-state index contributed by atoms with van der Waals surface area (Å²) in [7, 11) is 0. The molecule has 16 N–H and O–H groups in total. The number of carboxylic acids is 3. The molecule has 0 aliphatic rings. The van der Waals surface area contributed by atoms with E-state index in [0.717, 1.165) is 0 Å². The van der Waals surface area contributed by atoms with E-state index in [-0.39, 0.29) is 25.2 Å².